The van der Waals surface area contributed by atoms with Gasteiger partial charge in [-0.2, -0.15) is 5.10 Å². The van der Waals surface area contributed by atoms with Crippen molar-refractivity contribution in [2.75, 3.05) is 6.54 Å². The summed E-state index contributed by atoms with van der Waals surface area (Å²) in [5, 5.41) is 6.99. The fraction of sp³-hybridized carbons (Fsp3) is 0.556. The van der Waals surface area contributed by atoms with E-state index in [9.17, 15) is 4.79 Å². The number of aromatic nitrogens is 2. The second kappa shape index (κ2) is 2.87. The third kappa shape index (κ3) is 1.32. The van der Waals surface area contributed by atoms with E-state index >= 15 is 0 Å². The lowest BCUT2D eigenvalue weighted by Crippen LogP contribution is -2.13. The molecule has 1 aliphatic rings. The smallest absolute Gasteiger partial charge is 0.220 e. The molecule has 4 nitrogen and oxygen atoms in total. The number of aryl methyl sites for hydroxylation is 1. The van der Waals surface area contributed by atoms with Crippen molar-refractivity contribution in [1.82, 2.24) is 15.1 Å². The number of amides is 1. The van der Waals surface area contributed by atoms with Crippen LogP contribution in [0.4, 0.5) is 0 Å². The van der Waals surface area contributed by atoms with E-state index in [1.54, 1.807) is 0 Å². The maximum absolute atomic E-state index is 11.0. The van der Waals surface area contributed by atoms with Crippen molar-refractivity contribution in [3.63, 3.8) is 0 Å². The van der Waals surface area contributed by atoms with Crippen LogP contribution in [0.5, 0.6) is 0 Å². The normalized spacial score (nSPS) is 22.0. The SMILES string of the molecule is Cc1c([C@H]2CNC(=O)C2)cnn1C. The first-order chi connectivity index (χ1) is 6.18. The maximum atomic E-state index is 11.0. The third-order valence-electron chi connectivity index (χ3n) is 2.69. The number of hydrogen-bond donors (Lipinski definition) is 1. The van der Waals surface area contributed by atoms with E-state index in [4.69, 9.17) is 0 Å². The van der Waals surface area contributed by atoms with Gasteiger partial charge in [-0.3, -0.25) is 9.48 Å². The van der Waals surface area contributed by atoms with Crippen molar-refractivity contribution >= 4 is 5.91 Å². The van der Waals surface area contributed by atoms with Gasteiger partial charge in [0, 0.05) is 31.6 Å². The number of hydrogen-bond acceptors (Lipinski definition) is 2. The standard InChI is InChI=1S/C9H13N3O/c1-6-8(5-11-12(6)2)7-3-9(13)10-4-7/h5,7H,3-4H2,1-2H3,(H,10,13)/t7-/m1/s1. The minimum Gasteiger partial charge on any atom is -0.355 e. The van der Waals surface area contributed by atoms with Crippen LogP contribution < -0.4 is 5.32 Å². The first kappa shape index (κ1) is 8.29. The van der Waals surface area contributed by atoms with Gasteiger partial charge < -0.3 is 5.32 Å². The number of carbonyl (C=O) groups is 1. The topological polar surface area (TPSA) is 46.9 Å². The molecule has 0 bridgehead atoms. The first-order valence-corrected chi connectivity index (χ1v) is 4.43. The Balaban J connectivity index is 2.26. The van der Waals surface area contributed by atoms with Crippen LogP contribution in [0.3, 0.4) is 0 Å². The molecule has 2 rings (SSSR count). The Hall–Kier alpha value is -1.32. The van der Waals surface area contributed by atoms with Gasteiger partial charge >= 0.3 is 0 Å². The summed E-state index contributed by atoms with van der Waals surface area (Å²) in [6, 6.07) is 0. The zero-order valence-electron chi connectivity index (χ0n) is 7.87. The minimum absolute atomic E-state index is 0.147. The van der Waals surface area contributed by atoms with Gasteiger partial charge in [0.25, 0.3) is 0 Å². The Bertz CT molecular complexity index is 343. The summed E-state index contributed by atoms with van der Waals surface area (Å²) in [5.74, 6) is 0.467. The zero-order chi connectivity index (χ0) is 9.42. The Kier molecular flexibility index (Phi) is 1.83. The van der Waals surface area contributed by atoms with Crippen LogP contribution in [0.2, 0.25) is 0 Å². The highest BCUT2D eigenvalue weighted by Gasteiger charge is 2.25. The van der Waals surface area contributed by atoms with Gasteiger partial charge in [0.1, 0.15) is 0 Å². The molecule has 1 aromatic rings. The van der Waals surface area contributed by atoms with Crippen molar-refractivity contribution in [3.05, 3.63) is 17.5 Å². The minimum atomic E-state index is 0.147. The molecular formula is C9H13N3O. The fourth-order valence-electron chi connectivity index (χ4n) is 1.74. The van der Waals surface area contributed by atoms with Gasteiger partial charge in [-0.25, -0.2) is 0 Å². The van der Waals surface area contributed by atoms with Crippen LogP contribution in [0.15, 0.2) is 6.20 Å². The quantitative estimate of drug-likeness (QED) is 0.675. The number of nitrogens with zero attached hydrogens (tertiary/aromatic N) is 2. The van der Waals surface area contributed by atoms with E-state index in [1.165, 1.54) is 5.56 Å². The Morgan fingerprint density at radius 2 is 2.46 bits per heavy atom. The average molecular weight is 179 g/mol. The summed E-state index contributed by atoms with van der Waals surface area (Å²) < 4.78 is 1.85. The molecule has 70 valence electrons. The summed E-state index contributed by atoms with van der Waals surface area (Å²) in [5.41, 5.74) is 2.35. The van der Waals surface area contributed by atoms with Crippen molar-refractivity contribution in [2.24, 2.45) is 7.05 Å². The van der Waals surface area contributed by atoms with E-state index in [0.29, 0.717) is 12.3 Å². The van der Waals surface area contributed by atoms with Gasteiger partial charge in [0.2, 0.25) is 5.91 Å². The molecule has 4 heteroatoms. The molecule has 2 heterocycles. The van der Waals surface area contributed by atoms with Crippen LogP contribution in [-0.4, -0.2) is 22.2 Å². The lowest BCUT2D eigenvalue weighted by Gasteiger charge is -2.05. The summed E-state index contributed by atoms with van der Waals surface area (Å²) in [4.78, 5) is 11.0. The molecule has 1 N–H and O–H groups in total. The molecule has 0 saturated carbocycles. The molecular weight excluding hydrogens is 166 g/mol. The van der Waals surface area contributed by atoms with Crippen LogP contribution in [-0.2, 0) is 11.8 Å². The molecule has 0 aliphatic carbocycles. The van der Waals surface area contributed by atoms with Gasteiger partial charge in [-0.05, 0) is 12.5 Å². The number of rotatable bonds is 1. The molecule has 1 amide bonds. The summed E-state index contributed by atoms with van der Waals surface area (Å²) in [6.45, 7) is 2.79. The predicted molar refractivity (Wildman–Crippen MR) is 48.3 cm³/mol. The molecule has 1 saturated heterocycles. The van der Waals surface area contributed by atoms with E-state index in [1.807, 2.05) is 24.9 Å². The second-order valence-corrected chi connectivity index (χ2v) is 3.51. The van der Waals surface area contributed by atoms with Crippen LogP contribution in [0.25, 0.3) is 0 Å². The van der Waals surface area contributed by atoms with Crippen molar-refractivity contribution < 1.29 is 4.79 Å². The lowest BCUT2D eigenvalue weighted by atomic mass is 9.99. The van der Waals surface area contributed by atoms with Crippen molar-refractivity contribution in [2.45, 2.75) is 19.3 Å². The Morgan fingerprint density at radius 3 is 2.92 bits per heavy atom. The highest BCUT2D eigenvalue weighted by Crippen LogP contribution is 2.24. The van der Waals surface area contributed by atoms with E-state index in [0.717, 1.165) is 12.2 Å². The molecule has 13 heavy (non-hydrogen) atoms. The highest BCUT2D eigenvalue weighted by atomic mass is 16.1. The predicted octanol–water partition coefficient (Wildman–Crippen LogP) is 0.332. The molecule has 0 aromatic carbocycles. The Morgan fingerprint density at radius 1 is 1.69 bits per heavy atom. The highest BCUT2D eigenvalue weighted by molar-refractivity contribution is 5.79. The Labute approximate surface area is 76.9 Å². The summed E-state index contributed by atoms with van der Waals surface area (Å²) in [7, 11) is 1.92. The fourth-order valence-corrected chi connectivity index (χ4v) is 1.74. The molecule has 0 unspecified atom stereocenters. The maximum Gasteiger partial charge on any atom is 0.220 e. The lowest BCUT2D eigenvalue weighted by molar-refractivity contribution is -0.119. The molecule has 1 atom stereocenters. The molecule has 1 aliphatic heterocycles. The average Bonchev–Trinajstić information content (AvgIpc) is 2.62. The van der Waals surface area contributed by atoms with E-state index in [-0.39, 0.29) is 5.91 Å². The third-order valence-corrected chi connectivity index (χ3v) is 2.69. The second-order valence-electron chi connectivity index (χ2n) is 3.51. The monoisotopic (exact) mass is 179 g/mol. The van der Waals surface area contributed by atoms with E-state index < -0.39 is 0 Å². The molecule has 0 radical (unpaired) electrons. The zero-order valence-corrected chi connectivity index (χ0v) is 7.87. The van der Waals surface area contributed by atoms with Gasteiger partial charge in [0.05, 0.1) is 6.20 Å². The van der Waals surface area contributed by atoms with Crippen molar-refractivity contribution in [3.8, 4) is 0 Å². The van der Waals surface area contributed by atoms with Crippen molar-refractivity contribution in [1.29, 1.82) is 0 Å². The summed E-state index contributed by atoms with van der Waals surface area (Å²) >= 11 is 0. The van der Waals surface area contributed by atoms with Crippen LogP contribution >= 0.6 is 0 Å². The van der Waals surface area contributed by atoms with Crippen LogP contribution in [0, 0.1) is 6.92 Å². The molecule has 0 spiro atoms. The van der Waals surface area contributed by atoms with Gasteiger partial charge in [-0.1, -0.05) is 0 Å². The first-order valence-electron chi connectivity index (χ1n) is 4.43. The number of nitrogens with one attached hydrogen (secondary N) is 1. The van der Waals surface area contributed by atoms with Crippen LogP contribution in [0.1, 0.15) is 23.6 Å². The van der Waals surface area contributed by atoms with Gasteiger partial charge in [-0.15, -0.1) is 0 Å². The molecule has 1 aromatic heterocycles. The summed E-state index contributed by atoms with van der Waals surface area (Å²) in [6.07, 6.45) is 2.47. The molecule has 1 fully saturated rings. The van der Waals surface area contributed by atoms with Gasteiger partial charge in [0.15, 0.2) is 0 Å². The number of carbonyl (C=O) groups excluding carboxylic acids is 1. The largest absolute Gasteiger partial charge is 0.355 e. The van der Waals surface area contributed by atoms with E-state index in [2.05, 4.69) is 10.4 Å².